The van der Waals surface area contributed by atoms with Crippen molar-refractivity contribution in [1.82, 2.24) is 4.90 Å². The van der Waals surface area contributed by atoms with Gasteiger partial charge >= 0.3 is 5.97 Å². The Morgan fingerprint density at radius 3 is 2.90 bits per heavy atom. The molecule has 0 radical (unpaired) electrons. The summed E-state index contributed by atoms with van der Waals surface area (Å²) in [6, 6.07) is 3.75. The van der Waals surface area contributed by atoms with E-state index in [2.05, 4.69) is 10.2 Å². The van der Waals surface area contributed by atoms with Crippen molar-refractivity contribution in [2.45, 2.75) is 6.42 Å². The summed E-state index contributed by atoms with van der Waals surface area (Å²) in [5, 5.41) is 22.9. The van der Waals surface area contributed by atoms with Gasteiger partial charge in [-0.2, -0.15) is 0 Å². The van der Waals surface area contributed by atoms with Crippen molar-refractivity contribution in [3.05, 3.63) is 33.9 Å². The highest BCUT2D eigenvalue weighted by Crippen LogP contribution is 2.24. The fraction of sp³-hybridized carbons (Fsp3) is 0.462. The molecule has 1 heterocycles. The predicted molar refractivity (Wildman–Crippen MR) is 74.1 cm³/mol. The van der Waals surface area contributed by atoms with Crippen LogP contribution in [0.25, 0.3) is 0 Å². The van der Waals surface area contributed by atoms with Crippen LogP contribution in [-0.4, -0.2) is 47.6 Å². The number of anilines is 1. The number of nitro benzene ring substituents is 1. The van der Waals surface area contributed by atoms with Crippen LogP contribution in [0, 0.1) is 16.0 Å². The zero-order valence-electron chi connectivity index (χ0n) is 11.2. The Balaban J connectivity index is 2.13. The molecule has 0 saturated carbocycles. The van der Waals surface area contributed by atoms with Crippen LogP contribution >= 0.6 is 0 Å². The van der Waals surface area contributed by atoms with Gasteiger partial charge in [-0.15, -0.1) is 0 Å². The molecule has 108 valence electrons. The zero-order valence-corrected chi connectivity index (χ0v) is 11.2. The molecule has 0 aliphatic carbocycles. The first kappa shape index (κ1) is 14.3. The molecule has 7 nitrogen and oxygen atoms in total. The van der Waals surface area contributed by atoms with E-state index < -0.39 is 10.9 Å². The molecule has 1 aliphatic heterocycles. The van der Waals surface area contributed by atoms with Gasteiger partial charge in [0.1, 0.15) is 0 Å². The Morgan fingerprint density at radius 2 is 2.35 bits per heavy atom. The lowest BCUT2D eigenvalue weighted by Gasteiger charge is -2.14. The molecule has 20 heavy (non-hydrogen) atoms. The Kier molecular flexibility index (Phi) is 4.19. The van der Waals surface area contributed by atoms with E-state index >= 15 is 0 Å². The summed E-state index contributed by atoms with van der Waals surface area (Å²) < 4.78 is 0. The lowest BCUT2D eigenvalue weighted by molar-refractivity contribution is -0.384. The molecule has 7 heteroatoms. The van der Waals surface area contributed by atoms with Crippen LogP contribution in [0.15, 0.2) is 18.2 Å². The molecule has 1 aliphatic rings. The van der Waals surface area contributed by atoms with Crippen molar-refractivity contribution in [3.8, 4) is 0 Å². The van der Waals surface area contributed by atoms with E-state index in [1.807, 2.05) is 7.05 Å². The molecular weight excluding hydrogens is 262 g/mol. The van der Waals surface area contributed by atoms with Gasteiger partial charge in [0.15, 0.2) is 0 Å². The van der Waals surface area contributed by atoms with Crippen molar-refractivity contribution in [1.29, 1.82) is 0 Å². The molecule has 2 rings (SSSR count). The number of non-ortho nitro benzene ring substituents is 1. The second-order valence-corrected chi connectivity index (χ2v) is 5.09. The van der Waals surface area contributed by atoms with Crippen LogP contribution in [-0.2, 0) is 0 Å². The van der Waals surface area contributed by atoms with Crippen LogP contribution in [0.3, 0.4) is 0 Å². The van der Waals surface area contributed by atoms with E-state index in [-0.39, 0.29) is 11.3 Å². The number of carboxylic acid groups (broad SMARTS) is 1. The standard InChI is InChI=1S/C13H17N3O4/c1-15-5-4-9(8-15)7-14-12-6-10(16(19)20)2-3-11(12)13(17)18/h2-3,6,9,14H,4-5,7-8H2,1H3,(H,17,18). The normalized spacial score (nSPS) is 18.9. The number of aromatic carboxylic acids is 1. The Labute approximate surface area is 116 Å². The van der Waals surface area contributed by atoms with Crippen molar-refractivity contribution >= 4 is 17.3 Å². The summed E-state index contributed by atoms with van der Waals surface area (Å²) in [6.45, 7) is 2.59. The summed E-state index contributed by atoms with van der Waals surface area (Å²) in [5.41, 5.74) is 0.254. The molecule has 1 aromatic carbocycles. The van der Waals surface area contributed by atoms with Gasteiger partial charge in [-0.25, -0.2) is 4.79 Å². The molecule has 0 spiro atoms. The number of carbonyl (C=O) groups is 1. The minimum atomic E-state index is -1.09. The second kappa shape index (κ2) is 5.87. The average molecular weight is 279 g/mol. The average Bonchev–Trinajstić information content (AvgIpc) is 2.81. The fourth-order valence-corrected chi connectivity index (χ4v) is 2.43. The number of hydrogen-bond donors (Lipinski definition) is 2. The first-order valence-electron chi connectivity index (χ1n) is 6.41. The fourth-order valence-electron chi connectivity index (χ4n) is 2.43. The number of nitro groups is 1. The predicted octanol–water partition coefficient (Wildman–Crippen LogP) is 1.66. The summed E-state index contributed by atoms with van der Waals surface area (Å²) in [4.78, 5) is 23.6. The highest BCUT2D eigenvalue weighted by atomic mass is 16.6. The van der Waals surface area contributed by atoms with E-state index in [9.17, 15) is 14.9 Å². The van der Waals surface area contributed by atoms with E-state index in [0.717, 1.165) is 19.5 Å². The Hall–Kier alpha value is -2.15. The molecule has 0 aromatic heterocycles. The van der Waals surface area contributed by atoms with Crippen LogP contribution in [0.5, 0.6) is 0 Å². The van der Waals surface area contributed by atoms with Gasteiger partial charge < -0.3 is 15.3 Å². The smallest absolute Gasteiger partial charge is 0.337 e. The van der Waals surface area contributed by atoms with E-state index in [1.165, 1.54) is 18.2 Å². The molecule has 1 aromatic rings. The number of benzene rings is 1. The highest BCUT2D eigenvalue weighted by molar-refractivity contribution is 5.94. The van der Waals surface area contributed by atoms with Crippen LogP contribution in [0.1, 0.15) is 16.8 Å². The minimum absolute atomic E-state index is 0.0574. The number of nitrogens with zero attached hydrogens (tertiary/aromatic N) is 2. The number of rotatable bonds is 5. The van der Waals surface area contributed by atoms with E-state index in [0.29, 0.717) is 18.2 Å². The largest absolute Gasteiger partial charge is 0.478 e. The summed E-state index contributed by atoms with van der Waals surface area (Å²) in [5.74, 6) is -0.660. The monoisotopic (exact) mass is 279 g/mol. The molecule has 1 unspecified atom stereocenters. The second-order valence-electron chi connectivity index (χ2n) is 5.09. The topological polar surface area (TPSA) is 95.7 Å². The maximum absolute atomic E-state index is 11.1. The SMILES string of the molecule is CN1CCC(CNc2cc([N+](=O)[O-])ccc2C(=O)O)C1. The summed E-state index contributed by atoms with van der Waals surface area (Å²) >= 11 is 0. The summed E-state index contributed by atoms with van der Waals surface area (Å²) in [7, 11) is 2.04. The first-order valence-corrected chi connectivity index (χ1v) is 6.41. The van der Waals surface area contributed by atoms with Crippen molar-refractivity contribution in [2.75, 3.05) is 32.0 Å². The highest BCUT2D eigenvalue weighted by Gasteiger charge is 2.21. The van der Waals surface area contributed by atoms with Gasteiger partial charge in [-0.05, 0) is 32.0 Å². The Bertz CT molecular complexity index is 532. The zero-order chi connectivity index (χ0) is 14.7. The van der Waals surface area contributed by atoms with Gasteiger partial charge in [-0.1, -0.05) is 0 Å². The molecule has 1 fully saturated rings. The number of carboxylic acids is 1. The molecule has 0 amide bonds. The maximum atomic E-state index is 11.1. The third-order valence-corrected chi connectivity index (χ3v) is 3.51. The van der Waals surface area contributed by atoms with Crippen molar-refractivity contribution in [2.24, 2.45) is 5.92 Å². The molecule has 2 N–H and O–H groups in total. The van der Waals surface area contributed by atoms with E-state index in [1.54, 1.807) is 0 Å². The molecule has 1 atom stereocenters. The van der Waals surface area contributed by atoms with Gasteiger partial charge in [0, 0.05) is 25.2 Å². The number of nitrogens with one attached hydrogen (secondary N) is 1. The van der Waals surface area contributed by atoms with Crippen LogP contribution in [0.2, 0.25) is 0 Å². The lowest BCUT2D eigenvalue weighted by atomic mass is 10.1. The Morgan fingerprint density at radius 1 is 1.60 bits per heavy atom. The number of likely N-dealkylation sites (tertiary alicyclic amines) is 1. The maximum Gasteiger partial charge on any atom is 0.337 e. The van der Waals surface area contributed by atoms with Crippen molar-refractivity contribution in [3.63, 3.8) is 0 Å². The third-order valence-electron chi connectivity index (χ3n) is 3.51. The lowest BCUT2D eigenvalue weighted by Crippen LogP contribution is -2.20. The van der Waals surface area contributed by atoms with Gasteiger partial charge in [0.25, 0.3) is 5.69 Å². The van der Waals surface area contributed by atoms with Crippen LogP contribution in [0.4, 0.5) is 11.4 Å². The molecular formula is C13H17N3O4. The first-order chi connectivity index (χ1) is 9.47. The van der Waals surface area contributed by atoms with Gasteiger partial charge in [0.2, 0.25) is 0 Å². The molecule has 0 bridgehead atoms. The summed E-state index contributed by atoms with van der Waals surface area (Å²) in [6.07, 6.45) is 1.04. The van der Waals surface area contributed by atoms with Gasteiger partial charge in [0.05, 0.1) is 16.2 Å². The minimum Gasteiger partial charge on any atom is -0.478 e. The molecule has 1 saturated heterocycles. The van der Waals surface area contributed by atoms with Gasteiger partial charge in [-0.3, -0.25) is 10.1 Å². The van der Waals surface area contributed by atoms with Crippen LogP contribution < -0.4 is 5.32 Å². The van der Waals surface area contributed by atoms with E-state index in [4.69, 9.17) is 5.11 Å². The third kappa shape index (κ3) is 3.24. The number of hydrogen-bond acceptors (Lipinski definition) is 5. The quantitative estimate of drug-likeness (QED) is 0.628. The van der Waals surface area contributed by atoms with Crippen molar-refractivity contribution < 1.29 is 14.8 Å².